The van der Waals surface area contributed by atoms with E-state index >= 15 is 0 Å². The topological polar surface area (TPSA) is 131 Å². The fourth-order valence-corrected chi connectivity index (χ4v) is 4.22. The van der Waals surface area contributed by atoms with Crippen LogP contribution in [0.25, 0.3) is 6.08 Å². The number of hydrogen-bond donors (Lipinski definition) is 2. The highest BCUT2D eigenvalue weighted by Gasteiger charge is 2.35. The minimum absolute atomic E-state index is 0.0185. The number of nitro benzene ring substituents is 1. The third-order valence-corrected chi connectivity index (χ3v) is 6.22. The smallest absolute Gasteiger partial charge is 0.329 e. The van der Waals surface area contributed by atoms with Crippen molar-refractivity contribution in [3.63, 3.8) is 0 Å². The average molecular weight is 579 g/mol. The van der Waals surface area contributed by atoms with Gasteiger partial charge in [0.15, 0.2) is 0 Å². The Balaban J connectivity index is 1.49. The molecular weight excluding hydrogens is 556 g/mol. The van der Waals surface area contributed by atoms with Crippen LogP contribution < -0.4 is 15.4 Å². The van der Waals surface area contributed by atoms with Gasteiger partial charge in [-0.3, -0.25) is 19.7 Å². The average Bonchev–Trinajstić information content (AvgIpc) is 3.15. The number of urea groups is 1. The summed E-state index contributed by atoms with van der Waals surface area (Å²) < 4.78 is 6.58. The van der Waals surface area contributed by atoms with Crippen LogP contribution in [0.4, 0.5) is 16.2 Å². The van der Waals surface area contributed by atoms with Crippen molar-refractivity contribution in [1.29, 1.82) is 0 Å². The first kappa shape index (κ1) is 26.6. The molecule has 1 heterocycles. The molecule has 0 unspecified atom stereocenters. The number of anilines is 1. The number of non-ortho nitro benzene ring substituents is 1. The van der Waals surface area contributed by atoms with Crippen molar-refractivity contribution >= 4 is 51.2 Å². The van der Waals surface area contributed by atoms with Crippen LogP contribution >= 0.6 is 15.9 Å². The summed E-state index contributed by atoms with van der Waals surface area (Å²) in [5.41, 5.74) is 2.57. The van der Waals surface area contributed by atoms with E-state index in [-0.39, 0.29) is 18.0 Å². The summed E-state index contributed by atoms with van der Waals surface area (Å²) in [4.78, 5) is 49.5. The van der Waals surface area contributed by atoms with Crippen LogP contribution in [0, 0.1) is 10.1 Å². The second kappa shape index (κ2) is 11.7. The molecule has 4 rings (SSSR count). The van der Waals surface area contributed by atoms with Crippen LogP contribution in [0.5, 0.6) is 5.75 Å². The van der Waals surface area contributed by atoms with E-state index in [2.05, 4.69) is 26.6 Å². The third kappa shape index (κ3) is 6.24. The van der Waals surface area contributed by atoms with E-state index in [0.29, 0.717) is 33.5 Å². The maximum atomic E-state index is 13.0. The number of benzene rings is 3. The first-order valence-corrected chi connectivity index (χ1v) is 12.4. The molecule has 0 saturated carbocycles. The lowest BCUT2D eigenvalue weighted by molar-refractivity contribution is -0.384. The number of nitro groups is 1. The number of halogens is 1. The van der Waals surface area contributed by atoms with Crippen molar-refractivity contribution in [3.05, 3.63) is 104 Å². The number of para-hydroxylation sites is 1. The minimum atomic E-state index is -0.714. The predicted molar refractivity (Wildman–Crippen MR) is 144 cm³/mol. The number of nitrogens with zero attached hydrogens (tertiary/aromatic N) is 2. The Morgan fingerprint density at radius 1 is 1.13 bits per heavy atom. The van der Waals surface area contributed by atoms with Crippen LogP contribution in [0.1, 0.15) is 23.6 Å². The molecule has 0 spiro atoms. The van der Waals surface area contributed by atoms with Crippen LogP contribution in [-0.2, 0) is 22.6 Å². The van der Waals surface area contributed by atoms with Gasteiger partial charge in [0.25, 0.3) is 11.6 Å². The molecule has 1 aliphatic rings. The van der Waals surface area contributed by atoms with Gasteiger partial charge in [0.1, 0.15) is 24.6 Å². The van der Waals surface area contributed by atoms with Gasteiger partial charge in [-0.15, -0.1) is 0 Å². The van der Waals surface area contributed by atoms with Crippen molar-refractivity contribution in [2.45, 2.75) is 20.0 Å². The molecule has 38 heavy (non-hydrogen) atoms. The number of amides is 4. The van der Waals surface area contributed by atoms with Gasteiger partial charge in [-0.05, 0) is 47.9 Å². The molecule has 1 saturated heterocycles. The second-order valence-corrected chi connectivity index (χ2v) is 9.25. The number of hydrogen-bond acceptors (Lipinski definition) is 6. The number of nitrogens with one attached hydrogen (secondary N) is 2. The predicted octanol–water partition coefficient (Wildman–Crippen LogP) is 5.03. The summed E-state index contributed by atoms with van der Waals surface area (Å²) in [5.74, 6) is -0.765. The zero-order valence-electron chi connectivity index (χ0n) is 20.3. The largest absolute Gasteiger partial charge is 0.488 e. The number of carbonyl (C=O) groups excluding carboxylic acids is 3. The lowest BCUT2D eigenvalue weighted by Gasteiger charge is -2.13. The van der Waals surface area contributed by atoms with E-state index in [1.165, 1.54) is 18.2 Å². The Morgan fingerprint density at radius 3 is 2.68 bits per heavy atom. The van der Waals surface area contributed by atoms with E-state index in [0.717, 1.165) is 10.5 Å². The van der Waals surface area contributed by atoms with Crippen molar-refractivity contribution in [1.82, 2.24) is 10.2 Å². The molecule has 0 aliphatic carbocycles. The standard InChI is InChI=1S/C27H23BrN4O6/c1-2-18-7-3-4-9-22(18)29-25(33)15-31-26(34)23(30-27(31)35)14-19-13-20(28)10-11-24(19)38-16-17-6-5-8-21(12-17)32(36)37/h3-14H,2,15-16H2,1H3,(H,29,33)(H,30,35)/b23-14+. The van der Waals surface area contributed by atoms with E-state index in [4.69, 9.17) is 4.74 Å². The molecule has 4 amide bonds. The zero-order chi connectivity index (χ0) is 27.2. The molecule has 0 atom stereocenters. The van der Waals surface area contributed by atoms with Crippen LogP contribution in [0.2, 0.25) is 0 Å². The van der Waals surface area contributed by atoms with Gasteiger partial charge in [-0.2, -0.15) is 0 Å². The SMILES string of the molecule is CCc1ccccc1NC(=O)CN1C(=O)N/C(=C/c2cc(Br)ccc2OCc2cccc([N+](=O)[O-])c2)C1=O. The molecule has 11 heteroatoms. The maximum Gasteiger partial charge on any atom is 0.329 e. The first-order valence-electron chi connectivity index (χ1n) is 11.6. The van der Waals surface area contributed by atoms with Crippen molar-refractivity contribution in [2.24, 2.45) is 0 Å². The summed E-state index contributed by atoms with van der Waals surface area (Å²) >= 11 is 3.39. The Morgan fingerprint density at radius 2 is 1.92 bits per heavy atom. The first-order chi connectivity index (χ1) is 18.2. The van der Waals surface area contributed by atoms with Gasteiger partial charge in [0.2, 0.25) is 5.91 Å². The highest BCUT2D eigenvalue weighted by molar-refractivity contribution is 9.10. The van der Waals surface area contributed by atoms with Gasteiger partial charge in [-0.1, -0.05) is 53.2 Å². The van der Waals surface area contributed by atoms with Gasteiger partial charge in [0.05, 0.1) is 4.92 Å². The molecule has 0 radical (unpaired) electrons. The van der Waals surface area contributed by atoms with E-state index < -0.39 is 29.3 Å². The number of aryl methyl sites for hydroxylation is 1. The van der Waals surface area contributed by atoms with Crippen molar-refractivity contribution < 1.29 is 24.0 Å². The number of carbonyl (C=O) groups is 3. The maximum absolute atomic E-state index is 13.0. The minimum Gasteiger partial charge on any atom is -0.488 e. The number of imide groups is 1. The van der Waals surface area contributed by atoms with E-state index in [9.17, 15) is 24.5 Å². The van der Waals surface area contributed by atoms with E-state index in [1.807, 2.05) is 19.1 Å². The molecule has 3 aromatic carbocycles. The summed E-state index contributed by atoms with van der Waals surface area (Å²) in [5, 5.41) is 16.3. The van der Waals surface area contributed by atoms with Gasteiger partial charge < -0.3 is 15.4 Å². The Labute approximate surface area is 226 Å². The molecule has 10 nitrogen and oxygen atoms in total. The summed E-state index contributed by atoms with van der Waals surface area (Å²) in [6, 6.07) is 17.8. The highest BCUT2D eigenvalue weighted by atomic mass is 79.9. The van der Waals surface area contributed by atoms with E-state index in [1.54, 1.807) is 42.5 Å². The lowest BCUT2D eigenvalue weighted by atomic mass is 10.1. The van der Waals surface area contributed by atoms with Crippen molar-refractivity contribution in [2.75, 3.05) is 11.9 Å². The molecule has 3 aromatic rings. The summed E-state index contributed by atoms with van der Waals surface area (Å²) in [6.07, 6.45) is 2.17. The lowest BCUT2D eigenvalue weighted by Crippen LogP contribution is -2.38. The molecule has 0 aromatic heterocycles. The summed E-state index contributed by atoms with van der Waals surface area (Å²) in [7, 11) is 0. The second-order valence-electron chi connectivity index (χ2n) is 8.34. The molecule has 1 aliphatic heterocycles. The zero-order valence-corrected chi connectivity index (χ0v) is 21.9. The Hall–Kier alpha value is -4.51. The highest BCUT2D eigenvalue weighted by Crippen LogP contribution is 2.28. The number of ether oxygens (including phenoxy) is 1. The Bertz CT molecular complexity index is 1450. The monoisotopic (exact) mass is 578 g/mol. The van der Waals surface area contributed by atoms with Crippen LogP contribution in [0.3, 0.4) is 0 Å². The van der Waals surface area contributed by atoms with Gasteiger partial charge in [0, 0.05) is 27.9 Å². The number of rotatable bonds is 9. The third-order valence-electron chi connectivity index (χ3n) is 5.72. The van der Waals surface area contributed by atoms with Gasteiger partial charge >= 0.3 is 6.03 Å². The van der Waals surface area contributed by atoms with Crippen LogP contribution in [0.15, 0.2) is 76.9 Å². The van der Waals surface area contributed by atoms with Gasteiger partial charge in [-0.25, -0.2) is 9.69 Å². The van der Waals surface area contributed by atoms with Crippen LogP contribution in [-0.4, -0.2) is 34.2 Å². The normalized spacial score (nSPS) is 13.9. The molecule has 1 fully saturated rings. The molecule has 0 bridgehead atoms. The fraction of sp³-hybridized carbons (Fsp3) is 0.148. The summed E-state index contributed by atoms with van der Waals surface area (Å²) in [6.45, 7) is 1.56. The fourth-order valence-electron chi connectivity index (χ4n) is 3.84. The molecule has 2 N–H and O–H groups in total. The Kier molecular flexibility index (Phi) is 8.17. The molecular formula is C27H23BrN4O6. The molecule has 194 valence electrons. The van der Waals surface area contributed by atoms with Crippen molar-refractivity contribution in [3.8, 4) is 5.75 Å². The quantitative estimate of drug-likeness (QED) is 0.158.